The van der Waals surface area contributed by atoms with E-state index < -0.39 is 5.41 Å². The van der Waals surface area contributed by atoms with Gasteiger partial charge < -0.3 is 0 Å². The number of rotatable bonds is 3. The van der Waals surface area contributed by atoms with Gasteiger partial charge in [-0.2, -0.15) is 0 Å². The molecule has 0 aromatic heterocycles. The molecule has 32 heavy (non-hydrogen) atoms. The third-order valence-electron chi connectivity index (χ3n) is 6.60. The van der Waals surface area contributed by atoms with Crippen LogP contribution >= 0.6 is 11.6 Å². The fourth-order valence-electron chi connectivity index (χ4n) is 5.32. The summed E-state index contributed by atoms with van der Waals surface area (Å²) < 4.78 is 0. The monoisotopic (exact) mass is 428 g/mol. The smallest absolute Gasteiger partial charge is 0.0714 e. The van der Waals surface area contributed by atoms with Crippen LogP contribution in [0.4, 0.5) is 0 Å². The van der Waals surface area contributed by atoms with Crippen molar-refractivity contribution >= 4 is 11.6 Å². The Morgan fingerprint density at radius 2 is 0.969 bits per heavy atom. The Balaban J connectivity index is 1.74. The fourth-order valence-corrected chi connectivity index (χ4v) is 5.55. The normalized spacial score (nSPS) is 13.4. The molecule has 0 atom stereocenters. The van der Waals surface area contributed by atoms with Gasteiger partial charge in [-0.15, -0.1) is 0 Å². The predicted molar refractivity (Wildman–Crippen MR) is 134 cm³/mol. The molecule has 5 aromatic carbocycles. The zero-order valence-electron chi connectivity index (χ0n) is 17.5. The van der Waals surface area contributed by atoms with Crippen LogP contribution in [0, 0.1) is 0 Å². The van der Waals surface area contributed by atoms with Crippen molar-refractivity contribution in [3.63, 3.8) is 0 Å². The molecule has 0 saturated carbocycles. The number of halogens is 1. The van der Waals surface area contributed by atoms with Gasteiger partial charge in [0, 0.05) is 5.02 Å². The molecule has 1 heteroatoms. The van der Waals surface area contributed by atoms with Gasteiger partial charge in [-0.3, -0.25) is 0 Å². The molecular formula is C31H21Cl. The van der Waals surface area contributed by atoms with E-state index in [0.717, 1.165) is 10.6 Å². The van der Waals surface area contributed by atoms with Crippen LogP contribution in [0.5, 0.6) is 0 Å². The third kappa shape index (κ3) is 2.77. The van der Waals surface area contributed by atoms with Crippen molar-refractivity contribution in [2.45, 2.75) is 5.41 Å². The van der Waals surface area contributed by atoms with Crippen LogP contribution in [-0.2, 0) is 5.41 Å². The first-order valence-electron chi connectivity index (χ1n) is 10.9. The Kier molecular flexibility index (Phi) is 4.48. The molecule has 0 spiro atoms. The molecule has 0 nitrogen and oxygen atoms in total. The average molecular weight is 429 g/mol. The first kappa shape index (κ1) is 19.1. The lowest BCUT2D eigenvalue weighted by atomic mass is 9.67. The van der Waals surface area contributed by atoms with E-state index in [1.165, 1.54) is 38.9 Å². The summed E-state index contributed by atoms with van der Waals surface area (Å²) in [7, 11) is 0. The molecule has 0 radical (unpaired) electrons. The molecule has 0 heterocycles. The van der Waals surface area contributed by atoms with Crippen molar-refractivity contribution < 1.29 is 0 Å². The van der Waals surface area contributed by atoms with E-state index in [-0.39, 0.29) is 0 Å². The van der Waals surface area contributed by atoms with Crippen molar-refractivity contribution in [2.75, 3.05) is 0 Å². The summed E-state index contributed by atoms with van der Waals surface area (Å²) in [4.78, 5) is 0. The van der Waals surface area contributed by atoms with Gasteiger partial charge in [-0.05, 0) is 62.7 Å². The minimum absolute atomic E-state index is 0.428. The lowest BCUT2D eigenvalue weighted by Gasteiger charge is -2.34. The van der Waals surface area contributed by atoms with Crippen LogP contribution in [0.1, 0.15) is 22.3 Å². The Morgan fingerprint density at radius 3 is 1.59 bits per heavy atom. The van der Waals surface area contributed by atoms with Crippen LogP contribution in [0.2, 0.25) is 5.02 Å². The van der Waals surface area contributed by atoms with E-state index >= 15 is 0 Å². The lowest BCUT2D eigenvalue weighted by Crippen LogP contribution is -2.28. The van der Waals surface area contributed by atoms with Crippen LogP contribution < -0.4 is 0 Å². The number of hydrogen-bond donors (Lipinski definition) is 0. The summed E-state index contributed by atoms with van der Waals surface area (Å²) in [5.74, 6) is 0. The zero-order chi connectivity index (χ0) is 21.5. The van der Waals surface area contributed by atoms with Gasteiger partial charge >= 0.3 is 0 Å². The first-order valence-corrected chi connectivity index (χ1v) is 11.3. The Hall–Kier alpha value is -3.61. The topological polar surface area (TPSA) is 0 Å². The first-order chi connectivity index (χ1) is 15.8. The second kappa shape index (κ2) is 7.51. The van der Waals surface area contributed by atoms with Gasteiger partial charge in [0.2, 0.25) is 0 Å². The summed E-state index contributed by atoms with van der Waals surface area (Å²) in [6.45, 7) is 0. The van der Waals surface area contributed by atoms with Crippen LogP contribution in [-0.4, -0.2) is 0 Å². The van der Waals surface area contributed by atoms with Crippen molar-refractivity contribution in [2.24, 2.45) is 0 Å². The maximum absolute atomic E-state index is 6.78. The molecular weight excluding hydrogens is 408 g/mol. The van der Waals surface area contributed by atoms with E-state index in [9.17, 15) is 0 Å². The summed E-state index contributed by atoms with van der Waals surface area (Å²) >= 11 is 6.78. The molecule has 1 aliphatic rings. The molecule has 0 N–H and O–H groups in total. The highest BCUT2D eigenvalue weighted by Gasteiger charge is 2.46. The van der Waals surface area contributed by atoms with E-state index in [1.54, 1.807) is 0 Å². The second-order valence-corrected chi connectivity index (χ2v) is 8.74. The van der Waals surface area contributed by atoms with Crippen LogP contribution in [0.3, 0.4) is 0 Å². The van der Waals surface area contributed by atoms with Gasteiger partial charge in [-0.25, -0.2) is 0 Å². The summed E-state index contributed by atoms with van der Waals surface area (Å²) in [5.41, 5.74) is 9.47. The SMILES string of the molecule is Clc1cc(-c2ccccc2)cc(C2(c3ccccc3)c3ccccc3-c3ccccc32)c1. The van der Waals surface area contributed by atoms with E-state index in [0.29, 0.717) is 0 Å². The van der Waals surface area contributed by atoms with Gasteiger partial charge in [0.1, 0.15) is 0 Å². The molecule has 1 aliphatic carbocycles. The van der Waals surface area contributed by atoms with Crippen LogP contribution in [0.15, 0.2) is 127 Å². The number of benzene rings is 5. The summed E-state index contributed by atoms with van der Waals surface area (Å²) in [5, 5.41) is 0.749. The highest BCUT2D eigenvalue weighted by molar-refractivity contribution is 6.31. The second-order valence-electron chi connectivity index (χ2n) is 8.30. The quantitative estimate of drug-likeness (QED) is 0.265. The van der Waals surface area contributed by atoms with E-state index in [4.69, 9.17) is 11.6 Å². The standard InChI is InChI=1S/C31H21Cl/c32-26-20-23(22-11-3-1-4-12-22)19-25(21-26)31(24-13-5-2-6-14-24)29-17-9-7-15-27(29)28-16-8-10-18-30(28)31/h1-21H. The van der Waals surface area contributed by atoms with Crippen molar-refractivity contribution in [3.05, 3.63) is 155 Å². The molecule has 152 valence electrons. The molecule has 0 unspecified atom stereocenters. The molecule has 0 bridgehead atoms. The van der Waals surface area contributed by atoms with Crippen molar-refractivity contribution in [1.29, 1.82) is 0 Å². The molecule has 0 fully saturated rings. The Labute approximate surface area is 193 Å². The highest BCUT2D eigenvalue weighted by Crippen LogP contribution is 2.56. The molecule has 0 amide bonds. The molecule has 6 rings (SSSR count). The molecule has 0 saturated heterocycles. The lowest BCUT2D eigenvalue weighted by molar-refractivity contribution is 0.769. The number of fused-ring (bicyclic) bond motifs is 3. The average Bonchev–Trinajstić information content (AvgIpc) is 3.16. The highest BCUT2D eigenvalue weighted by atomic mass is 35.5. The maximum Gasteiger partial charge on any atom is 0.0714 e. The Morgan fingerprint density at radius 1 is 0.438 bits per heavy atom. The largest absolute Gasteiger partial charge is 0.0843 e. The minimum atomic E-state index is -0.428. The predicted octanol–water partition coefficient (Wildman–Crippen LogP) is 8.37. The van der Waals surface area contributed by atoms with Gasteiger partial charge in [-0.1, -0.05) is 121 Å². The third-order valence-corrected chi connectivity index (χ3v) is 6.82. The van der Waals surface area contributed by atoms with Crippen molar-refractivity contribution in [3.8, 4) is 22.3 Å². The number of hydrogen-bond acceptors (Lipinski definition) is 0. The zero-order valence-corrected chi connectivity index (χ0v) is 18.3. The summed E-state index contributed by atoms with van der Waals surface area (Å²) in [6.07, 6.45) is 0. The maximum atomic E-state index is 6.78. The van der Waals surface area contributed by atoms with Gasteiger partial charge in [0.25, 0.3) is 0 Å². The van der Waals surface area contributed by atoms with Crippen LogP contribution in [0.25, 0.3) is 22.3 Å². The van der Waals surface area contributed by atoms with Gasteiger partial charge in [0.15, 0.2) is 0 Å². The Bertz CT molecular complexity index is 1370. The van der Waals surface area contributed by atoms with E-state index in [1.807, 2.05) is 6.07 Å². The summed E-state index contributed by atoms with van der Waals surface area (Å²) in [6, 6.07) is 45.4. The van der Waals surface area contributed by atoms with Crippen molar-refractivity contribution in [1.82, 2.24) is 0 Å². The molecule has 0 aliphatic heterocycles. The molecule has 5 aromatic rings. The van der Waals surface area contributed by atoms with E-state index in [2.05, 4.69) is 121 Å². The van der Waals surface area contributed by atoms with Gasteiger partial charge in [0.05, 0.1) is 5.41 Å². The fraction of sp³-hybridized carbons (Fsp3) is 0.0323. The minimum Gasteiger partial charge on any atom is -0.0843 e.